The van der Waals surface area contributed by atoms with Crippen LogP contribution in [0.25, 0.3) is 10.8 Å². The van der Waals surface area contributed by atoms with Crippen LogP contribution in [0.3, 0.4) is 0 Å². The molecule has 0 bridgehead atoms. The third-order valence-electron chi connectivity index (χ3n) is 2.35. The lowest BCUT2D eigenvalue weighted by molar-refractivity contribution is 0.350. The molecule has 0 saturated carbocycles. The molecule has 1 nitrogen and oxygen atoms in total. The summed E-state index contributed by atoms with van der Waals surface area (Å²) in [5.41, 5.74) is 0. The van der Waals surface area contributed by atoms with E-state index < -0.39 is 45.6 Å². The normalized spacial score (nSPS) is 10.9. The van der Waals surface area contributed by atoms with E-state index in [4.69, 9.17) is 0 Å². The maximum atomic E-state index is 13.6. The molecule has 0 amide bonds. The second-order valence-electron chi connectivity index (χ2n) is 3.26. The van der Waals surface area contributed by atoms with Crippen molar-refractivity contribution in [3.63, 3.8) is 0 Å². The van der Waals surface area contributed by atoms with Crippen LogP contribution < -0.4 is 4.74 Å². The molecule has 0 N–H and O–H groups in total. The Morgan fingerprint density at radius 1 is 0.824 bits per heavy atom. The zero-order chi connectivity index (χ0) is 12.7. The van der Waals surface area contributed by atoms with Gasteiger partial charge in [0.2, 0.25) is 5.82 Å². The summed E-state index contributed by atoms with van der Waals surface area (Å²) in [6, 6.07) is 1.35. The Morgan fingerprint density at radius 3 is 2.06 bits per heavy atom. The zero-order valence-electron chi connectivity index (χ0n) is 8.45. The van der Waals surface area contributed by atoms with Gasteiger partial charge in [-0.15, -0.1) is 0 Å². The second kappa shape index (κ2) is 3.87. The van der Waals surface area contributed by atoms with Gasteiger partial charge in [0.15, 0.2) is 29.0 Å². The van der Waals surface area contributed by atoms with Gasteiger partial charge >= 0.3 is 0 Å². The highest BCUT2D eigenvalue weighted by molar-refractivity contribution is 5.86. The van der Waals surface area contributed by atoms with Gasteiger partial charge in [0.25, 0.3) is 0 Å². The van der Waals surface area contributed by atoms with Crippen molar-refractivity contribution in [2.45, 2.75) is 0 Å². The number of rotatable bonds is 1. The Balaban J connectivity index is 3.05. The maximum absolute atomic E-state index is 13.6. The number of hydrogen-bond acceptors (Lipinski definition) is 1. The molecule has 0 atom stereocenters. The van der Waals surface area contributed by atoms with Crippen molar-refractivity contribution in [3.8, 4) is 5.75 Å². The lowest BCUT2D eigenvalue weighted by atomic mass is 10.1. The minimum Gasteiger partial charge on any atom is -0.491 e. The van der Waals surface area contributed by atoms with Gasteiger partial charge in [0, 0.05) is 5.39 Å². The van der Waals surface area contributed by atoms with Gasteiger partial charge in [-0.05, 0) is 12.1 Å². The summed E-state index contributed by atoms with van der Waals surface area (Å²) in [5.74, 6) is -8.57. The monoisotopic (exact) mass is 248 g/mol. The summed E-state index contributed by atoms with van der Waals surface area (Å²) in [5, 5.41) is -1.65. The number of benzene rings is 2. The number of methoxy groups -OCH3 is 1. The number of halogens is 5. The van der Waals surface area contributed by atoms with Crippen molar-refractivity contribution in [1.29, 1.82) is 0 Å². The Kier molecular flexibility index (Phi) is 2.65. The van der Waals surface area contributed by atoms with E-state index in [1.165, 1.54) is 0 Å². The van der Waals surface area contributed by atoms with Gasteiger partial charge in [-0.1, -0.05) is 0 Å². The fourth-order valence-corrected chi connectivity index (χ4v) is 1.56. The van der Waals surface area contributed by atoms with E-state index in [-0.39, 0.29) is 0 Å². The molecular formula is C11H5F5O. The fraction of sp³-hybridized carbons (Fsp3) is 0.0909. The van der Waals surface area contributed by atoms with Crippen LogP contribution in [0.2, 0.25) is 0 Å². The van der Waals surface area contributed by atoms with Crippen molar-refractivity contribution in [1.82, 2.24) is 0 Å². The Labute approximate surface area is 92.4 Å². The minimum atomic E-state index is -1.59. The molecule has 6 heteroatoms. The summed E-state index contributed by atoms with van der Waals surface area (Å²) in [6.07, 6.45) is 0. The Bertz CT molecular complexity index is 609. The average molecular weight is 248 g/mol. The molecule has 0 fully saturated rings. The first-order chi connectivity index (χ1) is 7.99. The first kappa shape index (κ1) is 11.6. The number of hydrogen-bond donors (Lipinski definition) is 0. The first-order valence-electron chi connectivity index (χ1n) is 4.47. The van der Waals surface area contributed by atoms with Crippen LogP contribution in [0.4, 0.5) is 22.0 Å². The van der Waals surface area contributed by atoms with E-state index in [2.05, 4.69) is 4.74 Å². The summed E-state index contributed by atoms with van der Waals surface area (Å²) >= 11 is 0. The highest BCUT2D eigenvalue weighted by Gasteiger charge is 2.24. The number of ether oxygens (including phenoxy) is 1. The summed E-state index contributed by atoms with van der Waals surface area (Å²) in [7, 11) is 0.893. The standard InChI is InChI=1S/C11H5F5O/c1-17-11-9(15)6-4(7(13)10(11)16)2-3-5(12)8(6)14/h2-3H,1H3. The largest absolute Gasteiger partial charge is 0.491 e. The molecule has 90 valence electrons. The van der Waals surface area contributed by atoms with Crippen LogP contribution in [0, 0.1) is 29.1 Å². The Hall–Kier alpha value is -1.85. The molecule has 2 aromatic rings. The minimum absolute atomic E-state index is 0.589. The predicted molar refractivity (Wildman–Crippen MR) is 50.3 cm³/mol. The molecule has 0 aromatic heterocycles. The molecule has 0 aliphatic carbocycles. The zero-order valence-corrected chi connectivity index (χ0v) is 8.45. The van der Waals surface area contributed by atoms with E-state index in [1.54, 1.807) is 0 Å². The third-order valence-corrected chi connectivity index (χ3v) is 2.35. The van der Waals surface area contributed by atoms with Crippen LogP contribution in [0.5, 0.6) is 5.75 Å². The molecule has 0 spiro atoms. The van der Waals surface area contributed by atoms with Gasteiger partial charge in [-0.3, -0.25) is 0 Å². The molecule has 2 rings (SSSR count). The van der Waals surface area contributed by atoms with Crippen molar-refractivity contribution in [2.24, 2.45) is 0 Å². The average Bonchev–Trinajstić information content (AvgIpc) is 2.30. The van der Waals surface area contributed by atoms with Gasteiger partial charge in [0.05, 0.1) is 12.5 Å². The quantitative estimate of drug-likeness (QED) is 0.554. The number of fused-ring (bicyclic) bond motifs is 1. The molecule has 2 aromatic carbocycles. The molecule has 0 aliphatic rings. The van der Waals surface area contributed by atoms with E-state index in [9.17, 15) is 22.0 Å². The maximum Gasteiger partial charge on any atom is 0.204 e. The van der Waals surface area contributed by atoms with Gasteiger partial charge < -0.3 is 4.74 Å². The topological polar surface area (TPSA) is 9.23 Å². The molecule has 0 saturated heterocycles. The van der Waals surface area contributed by atoms with Crippen LogP contribution in [-0.2, 0) is 0 Å². The van der Waals surface area contributed by atoms with E-state index in [0.717, 1.165) is 13.2 Å². The summed E-state index contributed by atoms with van der Waals surface area (Å²) in [6.45, 7) is 0. The molecule has 0 aliphatic heterocycles. The highest BCUT2D eigenvalue weighted by atomic mass is 19.2. The van der Waals surface area contributed by atoms with E-state index >= 15 is 0 Å². The van der Waals surface area contributed by atoms with E-state index in [0.29, 0.717) is 6.07 Å². The fourth-order valence-electron chi connectivity index (χ4n) is 1.56. The van der Waals surface area contributed by atoms with Crippen LogP contribution >= 0.6 is 0 Å². The first-order valence-corrected chi connectivity index (χ1v) is 4.47. The van der Waals surface area contributed by atoms with Crippen LogP contribution in [0.1, 0.15) is 0 Å². The van der Waals surface area contributed by atoms with Crippen molar-refractivity contribution < 1.29 is 26.7 Å². The Morgan fingerprint density at radius 2 is 1.47 bits per heavy atom. The van der Waals surface area contributed by atoms with Gasteiger partial charge in [-0.2, -0.15) is 4.39 Å². The predicted octanol–water partition coefficient (Wildman–Crippen LogP) is 3.54. The summed E-state index contributed by atoms with van der Waals surface area (Å²) in [4.78, 5) is 0. The molecule has 0 unspecified atom stereocenters. The van der Waals surface area contributed by atoms with E-state index in [1.807, 2.05) is 0 Å². The highest BCUT2D eigenvalue weighted by Crippen LogP contribution is 2.34. The van der Waals surface area contributed by atoms with Crippen LogP contribution in [-0.4, -0.2) is 7.11 Å². The molecule has 0 heterocycles. The van der Waals surface area contributed by atoms with Crippen LogP contribution in [0.15, 0.2) is 12.1 Å². The lowest BCUT2D eigenvalue weighted by Gasteiger charge is -2.09. The lowest BCUT2D eigenvalue weighted by Crippen LogP contribution is -2.01. The van der Waals surface area contributed by atoms with Gasteiger partial charge in [0.1, 0.15) is 0 Å². The second-order valence-corrected chi connectivity index (χ2v) is 3.26. The summed E-state index contributed by atoms with van der Waals surface area (Å²) < 4.78 is 70.8. The molecule has 17 heavy (non-hydrogen) atoms. The molecule has 0 radical (unpaired) electrons. The van der Waals surface area contributed by atoms with Crippen molar-refractivity contribution >= 4 is 10.8 Å². The SMILES string of the molecule is COc1c(F)c(F)c2ccc(F)c(F)c2c1F. The van der Waals surface area contributed by atoms with Gasteiger partial charge in [-0.25, -0.2) is 17.6 Å². The van der Waals surface area contributed by atoms with Crippen molar-refractivity contribution in [3.05, 3.63) is 41.2 Å². The van der Waals surface area contributed by atoms with Crippen molar-refractivity contribution in [2.75, 3.05) is 7.11 Å². The third kappa shape index (κ3) is 1.51. The molecular weight excluding hydrogens is 243 g/mol. The smallest absolute Gasteiger partial charge is 0.204 e.